The van der Waals surface area contributed by atoms with Crippen LogP contribution >= 0.6 is 11.8 Å². The average Bonchev–Trinajstić information content (AvgIpc) is 3.30. The first kappa shape index (κ1) is 14.9. The largest absolute Gasteiger partial charge is 0.394 e. The molecule has 0 radical (unpaired) electrons. The number of aliphatic hydroxyl groups is 1. The summed E-state index contributed by atoms with van der Waals surface area (Å²) in [5.74, 6) is 0.646. The molecular formula is C15H18N2O2S. The van der Waals surface area contributed by atoms with Gasteiger partial charge in [0.05, 0.1) is 29.5 Å². The van der Waals surface area contributed by atoms with Crippen molar-refractivity contribution in [2.45, 2.75) is 30.2 Å². The predicted octanol–water partition coefficient (Wildman–Crippen LogP) is 1.93. The first-order valence-electron chi connectivity index (χ1n) is 6.62. The minimum atomic E-state index is -0.484. The number of hydrogen-bond donors (Lipinski definition) is 2. The van der Waals surface area contributed by atoms with Crippen molar-refractivity contribution >= 4 is 17.7 Å². The van der Waals surface area contributed by atoms with E-state index >= 15 is 0 Å². The summed E-state index contributed by atoms with van der Waals surface area (Å²) in [7, 11) is 0. The number of nitrogens with zero attached hydrogens (tertiary/aromatic N) is 1. The van der Waals surface area contributed by atoms with E-state index in [1.807, 2.05) is 19.1 Å². The summed E-state index contributed by atoms with van der Waals surface area (Å²) in [6, 6.07) is 9.21. The monoisotopic (exact) mass is 290 g/mol. The van der Waals surface area contributed by atoms with E-state index in [4.69, 9.17) is 5.26 Å². The standard InChI is InChI=1S/C15H18N2O2S/c1-15(10-18,12-4-5-12)17-14(19)9-20-13-6-2-11(8-16)3-7-13/h2-3,6-7,12,18H,4-5,9-10H2,1H3,(H,17,19). The van der Waals surface area contributed by atoms with E-state index < -0.39 is 5.54 Å². The van der Waals surface area contributed by atoms with Crippen LogP contribution in [-0.2, 0) is 4.79 Å². The molecule has 1 fully saturated rings. The summed E-state index contributed by atoms with van der Waals surface area (Å²) >= 11 is 1.43. The summed E-state index contributed by atoms with van der Waals surface area (Å²) in [5.41, 5.74) is 0.128. The molecule has 106 valence electrons. The zero-order valence-electron chi connectivity index (χ0n) is 11.4. The van der Waals surface area contributed by atoms with Crippen LogP contribution in [0.5, 0.6) is 0 Å². The van der Waals surface area contributed by atoms with Crippen LogP contribution in [0.1, 0.15) is 25.3 Å². The first-order chi connectivity index (χ1) is 9.57. The van der Waals surface area contributed by atoms with E-state index in [2.05, 4.69) is 11.4 Å². The van der Waals surface area contributed by atoms with Gasteiger partial charge in [0.15, 0.2) is 0 Å². The second kappa shape index (κ2) is 6.29. The molecule has 1 unspecified atom stereocenters. The van der Waals surface area contributed by atoms with Crippen molar-refractivity contribution in [2.24, 2.45) is 5.92 Å². The maximum absolute atomic E-state index is 12.0. The van der Waals surface area contributed by atoms with Gasteiger partial charge in [-0.1, -0.05) is 0 Å². The molecule has 4 nitrogen and oxygen atoms in total. The third-order valence-electron chi connectivity index (χ3n) is 3.59. The Labute approximate surface area is 123 Å². The molecular weight excluding hydrogens is 272 g/mol. The number of thioether (sulfide) groups is 1. The van der Waals surface area contributed by atoms with E-state index in [9.17, 15) is 9.90 Å². The molecule has 2 N–H and O–H groups in total. The zero-order chi connectivity index (χ0) is 14.6. The van der Waals surface area contributed by atoms with Crippen molar-refractivity contribution in [3.8, 4) is 6.07 Å². The number of nitrogens with one attached hydrogen (secondary N) is 1. The lowest BCUT2D eigenvalue weighted by Crippen LogP contribution is -2.51. The van der Waals surface area contributed by atoms with E-state index in [-0.39, 0.29) is 12.5 Å². The van der Waals surface area contributed by atoms with Gasteiger partial charge in [-0.15, -0.1) is 11.8 Å². The highest BCUT2D eigenvalue weighted by atomic mass is 32.2. The van der Waals surface area contributed by atoms with Crippen molar-refractivity contribution in [2.75, 3.05) is 12.4 Å². The van der Waals surface area contributed by atoms with Gasteiger partial charge < -0.3 is 10.4 Å². The van der Waals surface area contributed by atoms with Crippen LogP contribution in [0.15, 0.2) is 29.2 Å². The Bertz CT molecular complexity index is 520. The van der Waals surface area contributed by atoms with Crippen LogP contribution in [0.3, 0.4) is 0 Å². The normalized spacial score (nSPS) is 17.1. The van der Waals surface area contributed by atoms with Gasteiger partial charge in [-0.3, -0.25) is 4.79 Å². The lowest BCUT2D eigenvalue weighted by atomic mass is 9.97. The molecule has 1 aromatic carbocycles. The topological polar surface area (TPSA) is 73.1 Å². The van der Waals surface area contributed by atoms with Gasteiger partial charge in [0.1, 0.15) is 0 Å². The fourth-order valence-electron chi connectivity index (χ4n) is 2.12. The molecule has 5 heteroatoms. The van der Waals surface area contributed by atoms with Crippen LogP contribution in [0.2, 0.25) is 0 Å². The first-order valence-corrected chi connectivity index (χ1v) is 7.61. The second-order valence-corrected chi connectivity index (χ2v) is 6.37. The molecule has 0 spiro atoms. The highest BCUT2D eigenvalue weighted by Gasteiger charge is 2.41. The fraction of sp³-hybridized carbons (Fsp3) is 0.467. The van der Waals surface area contributed by atoms with Gasteiger partial charge in [-0.25, -0.2) is 0 Å². The molecule has 1 aliphatic carbocycles. The SMILES string of the molecule is CC(CO)(NC(=O)CSc1ccc(C#N)cc1)C1CC1. The number of amides is 1. The Kier molecular flexibility index (Phi) is 4.69. The highest BCUT2D eigenvalue weighted by molar-refractivity contribution is 8.00. The predicted molar refractivity (Wildman–Crippen MR) is 78.2 cm³/mol. The van der Waals surface area contributed by atoms with Crippen LogP contribution in [0, 0.1) is 17.2 Å². The maximum atomic E-state index is 12.0. The third kappa shape index (κ3) is 3.75. The number of nitriles is 1. The minimum Gasteiger partial charge on any atom is -0.394 e. The Morgan fingerprint density at radius 2 is 2.15 bits per heavy atom. The summed E-state index contributed by atoms with van der Waals surface area (Å²) in [5, 5.41) is 21.1. The molecule has 0 heterocycles. The lowest BCUT2D eigenvalue weighted by Gasteiger charge is -2.28. The molecule has 0 aromatic heterocycles. The quantitative estimate of drug-likeness (QED) is 0.785. The Balaban J connectivity index is 1.84. The minimum absolute atomic E-state index is 0.0229. The molecule has 1 amide bonds. The highest BCUT2D eigenvalue weighted by Crippen LogP contribution is 2.39. The van der Waals surface area contributed by atoms with Crippen LogP contribution in [0.4, 0.5) is 0 Å². The van der Waals surface area contributed by atoms with Gasteiger partial charge in [-0.05, 0) is 49.9 Å². The summed E-state index contributed by atoms with van der Waals surface area (Å²) in [4.78, 5) is 12.9. The van der Waals surface area contributed by atoms with Crippen molar-refractivity contribution in [1.82, 2.24) is 5.32 Å². The number of aliphatic hydroxyl groups excluding tert-OH is 1. The Hall–Kier alpha value is -1.51. The van der Waals surface area contributed by atoms with E-state index in [1.54, 1.807) is 12.1 Å². The van der Waals surface area contributed by atoms with E-state index in [0.717, 1.165) is 17.7 Å². The molecule has 0 bridgehead atoms. The third-order valence-corrected chi connectivity index (χ3v) is 4.60. The lowest BCUT2D eigenvalue weighted by molar-refractivity contribution is -0.121. The molecule has 0 aliphatic heterocycles. The Morgan fingerprint density at radius 1 is 1.50 bits per heavy atom. The van der Waals surface area contributed by atoms with Gasteiger partial charge >= 0.3 is 0 Å². The number of hydrogen-bond acceptors (Lipinski definition) is 4. The fourth-order valence-corrected chi connectivity index (χ4v) is 2.82. The van der Waals surface area contributed by atoms with Gasteiger partial charge in [0.2, 0.25) is 5.91 Å². The number of carbonyl (C=O) groups is 1. The van der Waals surface area contributed by atoms with Gasteiger partial charge in [-0.2, -0.15) is 5.26 Å². The number of benzene rings is 1. The second-order valence-electron chi connectivity index (χ2n) is 5.32. The summed E-state index contributed by atoms with van der Waals surface area (Å²) in [6.45, 7) is 1.87. The Morgan fingerprint density at radius 3 is 2.65 bits per heavy atom. The molecule has 2 rings (SSSR count). The molecule has 1 atom stereocenters. The van der Waals surface area contributed by atoms with Gasteiger partial charge in [0.25, 0.3) is 0 Å². The van der Waals surface area contributed by atoms with Crippen molar-refractivity contribution in [3.63, 3.8) is 0 Å². The van der Waals surface area contributed by atoms with Crippen molar-refractivity contribution in [1.29, 1.82) is 5.26 Å². The van der Waals surface area contributed by atoms with E-state index in [0.29, 0.717) is 17.2 Å². The molecule has 1 aliphatic rings. The van der Waals surface area contributed by atoms with Gasteiger partial charge in [0, 0.05) is 4.90 Å². The number of carbonyl (C=O) groups excluding carboxylic acids is 1. The summed E-state index contributed by atoms with van der Waals surface area (Å²) < 4.78 is 0. The van der Waals surface area contributed by atoms with Crippen LogP contribution < -0.4 is 5.32 Å². The molecule has 0 saturated heterocycles. The van der Waals surface area contributed by atoms with Crippen LogP contribution in [0.25, 0.3) is 0 Å². The van der Waals surface area contributed by atoms with E-state index in [1.165, 1.54) is 11.8 Å². The average molecular weight is 290 g/mol. The van der Waals surface area contributed by atoms with Crippen LogP contribution in [-0.4, -0.2) is 28.9 Å². The molecule has 20 heavy (non-hydrogen) atoms. The summed E-state index contributed by atoms with van der Waals surface area (Å²) in [6.07, 6.45) is 2.14. The molecule has 1 aromatic rings. The van der Waals surface area contributed by atoms with Crippen molar-refractivity contribution < 1.29 is 9.90 Å². The maximum Gasteiger partial charge on any atom is 0.230 e. The zero-order valence-corrected chi connectivity index (χ0v) is 12.2. The van der Waals surface area contributed by atoms with Crippen molar-refractivity contribution in [3.05, 3.63) is 29.8 Å². The molecule has 1 saturated carbocycles. The number of rotatable bonds is 6. The smallest absolute Gasteiger partial charge is 0.230 e.